The van der Waals surface area contributed by atoms with Crippen LogP contribution in [0.3, 0.4) is 0 Å². The second-order valence-electron chi connectivity index (χ2n) is 3.90. The summed E-state index contributed by atoms with van der Waals surface area (Å²) in [6.45, 7) is 8.96. The Morgan fingerprint density at radius 1 is 1.00 bits per heavy atom. The molecule has 0 fully saturated rings. The molecule has 0 rings (SSSR count). The molecule has 0 radical (unpaired) electrons. The summed E-state index contributed by atoms with van der Waals surface area (Å²) in [6, 6.07) is 0.626. The predicted octanol–water partition coefficient (Wildman–Crippen LogP) is 1.13. The lowest BCUT2D eigenvalue weighted by molar-refractivity contribution is -0.136. The third kappa shape index (κ3) is 7.41. The van der Waals surface area contributed by atoms with Crippen LogP contribution in [0.15, 0.2) is 0 Å². The van der Waals surface area contributed by atoms with Crippen molar-refractivity contribution in [1.29, 1.82) is 0 Å². The number of Topliss-reactive ketones (excluding diaryl/α,β-unsaturated/α-hetero) is 1. The quantitative estimate of drug-likeness (QED) is 0.351. The molecule has 0 aliphatic carbocycles. The third-order valence-electron chi connectivity index (χ3n) is 2.36. The lowest BCUT2D eigenvalue weighted by atomic mass is 10.4. The second kappa shape index (κ2) is 10.1. The van der Waals surface area contributed by atoms with Gasteiger partial charge < -0.3 is 18.6 Å². The highest BCUT2D eigenvalue weighted by Gasteiger charge is 2.39. The molecule has 0 aromatic rings. The number of hydrogen-bond acceptors (Lipinski definition) is 5. The molecular formula is C12H25NO5Si. The van der Waals surface area contributed by atoms with Gasteiger partial charge in [-0.1, -0.05) is 0 Å². The van der Waals surface area contributed by atoms with E-state index in [4.69, 9.17) is 13.3 Å². The minimum Gasteiger partial charge on any atom is -0.374 e. The zero-order valence-corrected chi connectivity index (χ0v) is 13.3. The lowest BCUT2D eigenvalue weighted by Crippen LogP contribution is -2.46. The summed E-state index contributed by atoms with van der Waals surface area (Å²) >= 11 is 0. The normalized spacial score (nSPS) is 11.4. The van der Waals surface area contributed by atoms with Crippen LogP contribution in [0, 0.1) is 0 Å². The van der Waals surface area contributed by atoms with Crippen LogP contribution in [0.25, 0.3) is 0 Å². The van der Waals surface area contributed by atoms with Crippen molar-refractivity contribution in [1.82, 2.24) is 5.32 Å². The summed E-state index contributed by atoms with van der Waals surface area (Å²) in [5.41, 5.74) is 0. The number of nitrogens with one attached hydrogen (secondary N) is 1. The molecule has 0 unspecified atom stereocenters. The Hall–Kier alpha value is -0.763. The molecule has 0 spiro atoms. The van der Waals surface area contributed by atoms with Crippen molar-refractivity contribution in [2.24, 2.45) is 0 Å². The summed E-state index contributed by atoms with van der Waals surface area (Å²) in [5.74, 6) is -1.04. The zero-order valence-electron chi connectivity index (χ0n) is 12.3. The molecule has 0 aromatic carbocycles. The van der Waals surface area contributed by atoms with E-state index in [1.54, 1.807) is 0 Å². The van der Waals surface area contributed by atoms with Crippen molar-refractivity contribution in [3.8, 4) is 0 Å². The van der Waals surface area contributed by atoms with Crippen LogP contribution >= 0.6 is 0 Å². The fourth-order valence-corrected chi connectivity index (χ4v) is 4.24. The van der Waals surface area contributed by atoms with Gasteiger partial charge in [0.05, 0.1) is 0 Å². The van der Waals surface area contributed by atoms with Gasteiger partial charge in [-0.3, -0.25) is 9.59 Å². The Kier molecular flexibility index (Phi) is 9.67. The topological polar surface area (TPSA) is 73.9 Å². The van der Waals surface area contributed by atoms with E-state index in [0.29, 0.717) is 38.8 Å². The average molecular weight is 291 g/mol. The highest BCUT2D eigenvalue weighted by molar-refractivity contribution is 6.60. The molecule has 0 saturated heterocycles. The number of carbonyl (C=O) groups excluding carboxylic acids is 2. The van der Waals surface area contributed by atoms with E-state index in [-0.39, 0.29) is 0 Å². The first-order valence-electron chi connectivity index (χ1n) is 6.72. The van der Waals surface area contributed by atoms with Crippen molar-refractivity contribution < 1.29 is 22.9 Å². The summed E-state index contributed by atoms with van der Waals surface area (Å²) in [5, 5.41) is 2.55. The molecule has 6 nitrogen and oxygen atoms in total. The van der Waals surface area contributed by atoms with Crippen LogP contribution in [0.4, 0.5) is 0 Å². The maximum Gasteiger partial charge on any atom is 0.500 e. The van der Waals surface area contributed by atoms with Crippen molar-refractivity contribution in [2.75, 3.05) is 26.4 Å². The Morgan fingerprint density at radius 3 is 1.84 bits per heavy atom. The number of amides is 1. The molecule has 0 atom stereocenters. The van der Waals surface area contributed by atoms with Gasteiger partial charge in [-0.15, -0.1) is 0 Å². The van der Waals surface area contributed by atoms with Crippen LogP contribution in [-0.4, -0.2) is 46.9 Å². The maximum atomic E-state index is 11.1. The van der Waals surface area contributed by atoms with E-state index in [1.165, 1.54) is 6.92 Å². The molecule has 0 aromatic heterocycles. The fourth-order valence-electron chi connectivity index (χ4n) is 1.63. The van der Waals surface area contributed by atoms with Crippen molar-refractivity contribution in [2.45, 2.75) is 40.2 Å². The minimum atomic E-state index is -2.63. The lowest BCUT2D eigenvalue weighted by Gasteiger charge is -2.28. The summed E-state index contributed by atoms with van der Waals surface area (Å²) in [7, 11) is -2.63. The molecule has 1 N–H and O–H groups in total. The highest BCUT2D eigenvalue weighted by atomic mass is 28.4. The van der Waals surface area contributed by atoms with Gasteiger partial charge in [0.15, 0.2) is 0 Å². The zero-order chi connectivity index (χ0) is 14.7. The van der Waals surface area contributed by atoms with E-state index < -0.39 is 20.5 Å². The minimum absolute atomic E-state index is 0.417. The molecule has 19 heavy (non-hydrogen) atoms. The van der Waals surface area contributed by atoms with Gasteiger partial charge in [0.25, 0.3) is 5.91 Å². The van der Waals surface area contributed by atoms with E-state index >= 15 is 0 Å². The van der Waals surface area contributed by atoms with Gasteiger partial charge in [0, 0.05) is 39.3 Å². The SMILES string of the molecule is CCO[Si](CCCNC(=O)C(C)=O)(OCC)OCC. The highest BCUT2D eigenvalue weighted by Crippen LogP contribution is 2.17. The molecule has 0 aliphatic rings. The average Bonchev–Trinajstić information content (AvgIpc) is 2.35. The molecule has 1 amide bonds. The molecule has 7 heteroatoms. The van der Waals surface area contributed by atoms with E-state index in [2.05, 4.69) is 5.32 Å². The smallest absolute Gasteiger partial charge is 0.374 e. The molecule has 112 valence electrons. The van der Waals surface area contributed by atoms with Gasteiger partial charge in [-0.2, -0.15) is 0 Å². The van der Waals surface area contributed by atoms with Crippen molar-refractivity contribution in [3.05, 3.63) is 0 Å². The third-order valence-corrected chi connectivity index (χ3v) is 5.51. The first-order chi connectivity index (χ1) is 9.01. The first-order valence-corrected chi connectivity index (χ1v) is 8.65. The van der Waals surface area contributed by atoms with Crippen LogP contribution in [0.1, 0.15) is 34.1 Å². The van der Waals surface area contributed by atoms with E-state index in [1.807, 2.05) is 20.8 Å². The number of carbonyl (C=O) groups is 2. The van der Waals surface area contributed by atoms with Crippen LogP contribution in [-0.2, 0) is 22.9 Å². The number of ketones is 1. The number of hydrogen-bond donors (Lipinski definition) is 1. The van der Waals surface area contributed by atoms with Crippen molar-refractivity contribution >= 4 is 20.5 Å². The van der Waals surface area contributed by atoms with Crippen molar-refractivity contribution in [3.63, 3.8) is 0 Å². The van der Waals surface area contributed by atoms with Gasteiger partial charge >= 0.3 is 8.80 Å². The maximum absolute atomic E-state index is 11.1. The molecule has 0 aliphatic heterocycles. The predicted molar refractivity (Wildman–Crippen MR) is 73.7 cm³/mol. The van der Waals surface area contributed by atoms with Gasteiger partial charge in [0.2, 0.25) is 5.78 Å². The van der Waals surface area contributed by atoms with Gasteiger partial charge in [-0.05, 0) is 27.2 Å². The Bertz CT molecular complexity index is 268. The Morgan fingerprint density at radius 2 is 1.47 bits per heavy atom. The molecule has 0 saturated carbocycles. The summed E-state index contributed by atoms with van der Waals surface area (Å²) in [4.78, 5) is 21.9. The monoisotopic (exact) mass is 291 g/mol. The fraction of sp³-hybridized carbons (Fsp3) is 0.833. The summed E-state index contributed by atoms with van der Waals surface area (Å²) in [6.07, 6.45) is 0.658. The largest absolute Gasteiger partial charge is 0.500 e. The Labute approximate surface area is 116 Å². The van der Waals surface area contributed by atoms with E-state index in [0.717, 1.165) is 0 Å². The summed E-state index contributed by atoms with van der Waals surface area (Å²) < 4.78 is 17.0. The van der Waals surface area contributed by atoms with Crippen LogP contribution < -0.4 is 5.32 Å². The van der Waals surface area contributed by atoms with Crippen LogP contribution in [0.2, 0.25) is 6.04 Å². The second-order valence-corrected chi connectivity index (χ2v) is 6.63. The molecule has 0 bridgehead atoms. The van der Waals surface area contributed by atoms with E-state index in [9.17, 15) is 9.59 Å². The molecule has 0 heterocycles. The van der Waals surface area contributed by atoms with Gasteiger partial charge in [-0.25, -0.2) is 0 Å². The number of rotatable bonds is 11. The van der Waals surface area contributed by atoms with Gasteiger partial charge in [0.1, 0.15) is 0 Å². The standard InChI is InChI=1S/C12H25NO5Si/c1-5-16-19(17-6-2,18-7-3)10-8-9-13-12(15)11(4)14/h5-10H2,1-4H3,(H,13,15). The first kappa shape index (κ1) is 18.2. The molecular weight excluding hydrogens is 266 g/mol. The van der Waals surface area contributed by atoms with Crippen LogP contribution in [0.5, 0.6) is 0 Å². The Balaban J connectivity index is 4.24.